The molecule has 1 aliphatic rings. The quantitative estimate of drug-likeness (QED) is 0.213. The van der Waals surface area contributed by atoms with Crippen molar-refractivity contribution in [3.63, 3.8) is 0 Å². The third-order valence-electron chi connectivity index (χ3n) is 6.14. The summed E-state index contributed by atoms with van der Waals surface area (Å²) in [4.78, 5) is 13.9. The Labute approximate surface area is 219 Å². The molecular formula is C29H23N4OPt-. The van der Waals surface area contributed by atoms with Crippen molar-refractivity contribution in [2.24, 2.45) is 0 Å². The van der Waals surface area contributed by atoms with Crippen molar-refractivity contribution in [2.45, 2.75) is 19.9 Å². The molecule has 176 valence electrons. The van der Waals surface area contributed by atoms with Crippen LogP contribution in [-0.4, -0.2) is 21.1 Å². The van der Waals surface area contributed by atoms with Gasteiger partial charge in [-0.25, -0.2) is 4.98 Å². The SMILES string of the molecule is CC(C)N1c2ccc(-c3ccc4cccc(O)c4n3)[c-]c2N(c2ccccn2)c2ccccc21.[Pt]. The zero-order chi connectivity index (χ0) is 23.2. The van der Waals surface area contributed by atoms with Crippen molar-refractivity contribution in [1.82, 2.24) is 9.97 Å². The van der Waals surface area contributed by atoms with E-state index in [2.05, 4.69) is 65.0 Å². The molecule has 0 spiro atoms. The molecule has 0 saturated heterocycles. The van der Waals surface area contributed by atoms with E-state index in [4.69, 9.17) is 4.98 Å². The number of nitrogens with zero attached hydrogens (tertiary/aromatic N) is 4. The summed E-state index contributed by atoms with van der Waals surface area (Å²) in [6, 6.07) is 31.8. The van der Waals surface area contributed by atoms with Crippen LogP contribution in [0.1, 0.15) is 13.8 Å². The summed E-state index contributed by atoms with van der Waals surface area (Å²) in [5.74, 6) is 1.00. The standard InChI is InChI=1S/C29H23N4O.Pt/c1-19(2)32-23-9-3-4-10-24(23)33(28-12-5-6-17-30-28)26-18-21(14-16-25(26)32)22-15-13-20-8-7-11-27(34)29(20)31-22;/h3-17,19,34H,1-2H3;/q-1;. The molecule has 3 aromatic carbocycles. The van der Waals surface area contributed by atoms with E-state index < -0.39 is 0 Å². The molecule has 3 heterocycles. The number of hydrogen-bond donors (Lipinski definition) is 1. The molecule has 2 aromatic heterocycles. The van der Waals surface area contributed by atoms with Crippen LogP contribution in [0.3, 0.4) is 0 Å². The molecule has 0 saturated carbocycles. The van der Waals surface area contributed by atoms with Gasteiger partial charge in [-0.05, 0) is 61.2 Å². The number of aromatic hydroxyl groups is 1. The van der Waals surface area contributed by atoms with Crippen molar-refractivity contribution < 1.29 is 26.2 Å². The first-order valence-electron chi connectivity index (χ1n) is 11.4. The Balaban J connectivity index is 0.00000253. The topological polar surface area (TPSA) is 52.5 Å². The molecule has 1 aliphatic heterocycles. The number of benzene rings is 3. The normalized spacial score (nSPS) is 12.3. The van der Waals surface area contributed by atoms with Gasteiger partial charge in [0.2, 0.25) is 0 Å². The van der Waals surface area contributed by atoms with Crippen LogP contribution in [0, 0.1) is 6.07 Å². The number of aromatic nitrogens is 2. The van der Waals surface area contributed by atoms with E-state index in [1.165, 1.54) is 0 Å². The number of pyridine rings is 2. The average Bonchev–Trinajstić information content (AvgIpc) is 2.87. The zero-order valence-corrected chi connectivity index (χ0v) is 21.6. The number of rotatable bonds is 3. The molecule has 0 atom stereocenters. The van der Waals surface area contributed by atoms with Crippen LogP contribution in [-0.2, 0) is 21.1 Å². The summed E-state index contributed by atoms with van der Waals surface area (Å²) >= 11 is 0. The van der Waals surface area contributed by atoms with Gasteiger partial charge in [0.1, 0.15) is 17.1 Å². The van der Waals surface area contributed by atoms with Crippen LogP contribution in [0.2, 0.25) is 0 Å². The van der Waals surface area contributed by atoms with Crippen LogP contribution in [0.15, 0.2) is 91.1 Å². The molecule has 0 aliphatic carbocycles. The molecule has 35 heavy (non-hydrogen) atoms. The summed E-state index contributed by atoms with van der Waals surface area (Å²) in [5, 5.41) is 11.2. The molecule has 0 radical (unpaired) electrons. The number of fused-ring (bicyclic) bond motifs is 3. The second-order valence-corrected chi connectivity index (χ2v) is 8.63. The Morgan fingerprint density at radius 3 is 2.37 bits per heavy atom. The fourth-order valence-electron chi connectivity index (χ4n) is 4.66. The van der Waals surface area contributed by atoms with Crippen molar-refractivity contribution in [3.05, 3.63) is 97.2 Å². The Morgan fingerprint density at radius 2 is 1.60 bits per heavy atom. The first-order valence-corrected chi connectivity index (χ1v) is 11.4. The first-order chi connectivity index (χ1) is 16.6. The van der Waals surface area contributed by atoms with Crippen LogP contribution >= 0.6 is 0 Å². The molecule has 0 amide bonds. The summed E-state index contributed by atoms with van der Waals surface area (Å²) in [5.41, 5.74) is 6.36. The number of phenols is 1. The van der Waals surface area contributed by atoms with Crippen molar-refractivity contribution in [3.8, 4) is 17.0 Å². The van der Waals surface area contributed by atoms with Gasteiger partial charge in [0.25, 0.3) is 0 Å². The van der Waals surface area contributed by atoms with Crippen molar-refractivity contribution >= 4 is 39.5 Å². The van der Waals surface area contributed by atoms with Gasteiger partial charge in [0.05, 0.1) is 11.4 Å². The molecule has 0 unspecified atom stereocenters. The number of phenolic OH excluding ortho intramolecular Hbond substituents is 1. The maximum atomic E-state index is 10.3. The molecule has 0 bridgehead atoms. The number of para-hydroxylation sites is 3. The molecule has 1 N–H and O–H groups in total. The number of anilines is 5. The summed E-state index contributed by atoms with van der Waals surface area (Å²) in [6.07, 6.45) is 1.81. The van der Waals surface area contributed by atoms with E-state index in [9.17, 15) is 5.11 Å². The van der Waals surface area contributed by atoms with Crippen LogP contribution < -0.4 is 9.80 Å². The van der Waals surface area contributed by atoms with Gasteiger partial charge in [0.15, 0.2) is 0 Å². The van der Waals surface area contributed by atoms with E-state index in [1.54, 1.807) is 6.07 Å². The maximum Gasteiger partial charge on any atom is 0.140 e. The Morgan fingerprint density at radius 1 is 0.800 bits per heavy atom. The number of hydrogen-bond acceptors (Lipinski definition) is 5. The molecule has 6 rings (SSSR count). The van der Waals surface area contributed by atoms with Crippen LogP contribution in [0.25, 0.3) is 22.2 Å². The van der Waals surface area contributed by atoms with Gasteiger partial charge in [-0.1, -0.05) is 42.5 Å². The maximum absolute atomic E-state index is 10.3. The third-order valence-corrected chi connectivity index (χ3v) is 6.14. The van der Waals surface area contributed by atoms with Gasteiger partial charge in [-0.2, -0.15) is 0 Å². The van der Waals surface area contributed by atoms with Gasteiger partial charge in [0, 0.05) is 38.7 Å². The summed E-state index contributed by atoms with van der Waals surface area (Å²) in [7, 11) is 0. The smallest absolute Gasteiger partial charge is 0.140 e. The first kappa shape index (κ1) is 23.1. The largest absolute Gasteiger partial charge is 0.506 e. The summed E-state index contributed by atoms with van der Waals surface area (Å²) in [6.45, 7) is 4.39. The average molecular weight is 639 g/mol. The molecule has 6 heteroatoms. The van der Waals surface area contributed by atoms with Gasteiger partial charge >= 0.3 is 0 Å². The fourth-order valence-corrected chi connectivity index (χ4v) is 4.66. The zero-order valence-electron chi connectivity index (χ0n) is 19.3. The van der Waals surface area contributed by atoms with Gasteiger partial charge < -0.3 is 14.9 Å². The van der Waals surface area contributed by atoms with Crippen LogP contribution in [0.4, 0.5) is 28.6 Å². The minimum Gasteiger partial charge on any atom is -0.506 e. The fraction of sp³-hybridized carbons (Fsp3) is 0.103. The molecular weight excluding hydrogens is 615 g/mol. The predicted octanol–water partition coefficient (Wildman–Crippen LogP) is 7.13. The molecule has 5 nitrogen and oxygen atoms in total. The second-order valence-electron chi connectivity index (χ2n) is 8.63. The second kappa shape index (κ2) is 9.16. The van der Waals surface area contributed by atoms with E-state index in [0.717, 1.165) is 45.2 Å². The van der Waals surface area contributed by atoms with Crippen molar-refractivity contribution in [2.75, 3.05) is 9.80 Å². The molecule has 5 aromatic rings. The third kappa shape index (κ3) is 3.86. The minimum absolute atomic E-state index is 0. The van der Waals surface area contributed by atoms with Gasteiger partial charge in [-0.3, -0.25) is 4.98 Å². The van der Waals surface area contributed by atoms with E-state index in [1.807, 2.05) is 54.7 Å². The van der Waals surface area contributed by atoms with E-state index >= 15 is 0 Å². The Bertz CT molecular complexity index is 1520. The summed E-state index contributed by atoms with van der Waals surface area (Å²) < 4.78 is 0. The Kier molecular flexibility index (Phi) is 6.04. The Hall–Kier alpha value is -3.69. The monoisotopic (exact) mass is 638 g/mol. The van der Waals surface area contributed by atoms with E-state index in [-0.39, 0.29) is 32.9 Å². The predicted molar refractivity (Wildman–Crippen MR) is 137 cm³/mol. The van der Waals surface area contributed by atoms with Crippen LogP contribution in [0.5, 0.6) is 5.75 Å². The van der Waals surface area contributed by atoms with E-state index in [0.29, 0.717) is 5.52 Å². The van der Waals surface area contributed by atoms with Crippen molar-refractivity contribution in [1.29, 1.82) is 0 Å². The minimum atomic E-state index is 0. The molecule has 0 fully saturated rings. The van der Waals surface area contributed by atoms with Gasteiger partial charge in [-0.15, -0.1) is 23.8 Å².